The van der Waals surface area contributed by atoms with Gasteiger partial charge in [0.2, 0.25) is 11.7 Å². The van der Waals surface area contributed by atoms with Crippen LogP contribution in [0.15, 0.2) is 12.1 Å². The average molecular weight is 378 g/mol. The number of carbonyl (C=O) groups is 2. The quantitative estimate of drug-likeness (QED) is 0.752. The van der Waals surface area contributed by atoms with Crippen molar-refractivity contribution in [1.29, 1.82) is 0 Å². The van der Waals surface area contributed by atoms with E-state index in [1.807, 2.05) is 4.90 Å². The summed E-state index contributed by atoms with van der Waals surface area (Å²) >= 11 is 0. The maximum Gasteiger partial charge on any atom is 0.251 e. The van der Waals surface area contributed by atoms with Gasteiger partial charge in [0.1, 0.15) is 0 Å². The van der Waals surface area contributed by atoms with Gasteiger partial charge in [-0.05, 0) is 25.0 Å². The number of ether oxygens (including phenoxy) is 3. The van der Waals surface area contributed by atoms with Gasteiger partial charge in [0, 0.05) is 31.6 Å². The maximum absolute atomic E-state index is 12.5. The second-order valence-corrected chi connectivity index (χ2v) is 6.67. The molecule has 150 valence electrons. The first-order valence-electron chi connectivity index (χ1n) is 9.37. The number of rotatable bonds is 8. The first-order chi connectivity index (χ1) is 13.0. The normalized spacial score (nSPS) is 14.4. The molecule has 1 aromatic carbocycles. The van der Waals surface area contributed by atoms with Gasteiger partial charge in [-0.25, -0.2) is 0 Å². The Kier molecular flexibility index (Phi) is 7.76. The van der Waals surface area contributed by atoms with Crippen molar-refractivity contribution in [3.8, 4) is 17.2 Å². The lowest BCUT2D eigenvalue weighted by atomic mass is 9.94. The van der Waals surface area contributed by atoms with Crippen molar-refractivity contribution in [2.45, 2.75) is 45.1 Å². The lowest BCUT2D eigenvalue weighted by Crippen LogP contribution is -2.44. The van der Waals surface area contributed by atoms with Crippen LogP contribution in [0.4, 0.5) is 0 Å². The Morgan fingerprint density at radius 1 is 1.04 bits per heavy atom. The van der Waals surface area contributed by atoms with Crippen LogP contribution in [-0.4, -0.2) is 57.2 Å². The van der Waals surface area contributed by atoms with Crippen LogP contribution in [0.25, 0.3) is 0 Å². The van der Waals surface area contributed by atoms with Crippen molar-refractivity contribution in [2.75, 3.05) is 34.4 Å². The molecule has 7 nitrogen and oxygen atoms in total. The second-order valence-electron chi connectivity index (χ2n) is 6.67. The summed E-state index contributed by atoms with van der Waals surface area (Å²) in [6, 6.07) is 3.51. The van der Waals surface area contributed by atoms with Crippen molar-refractivity contribution in [3.63, 3.8) is 0 Å². The van der Waals surface area contributed by atoms with Gasteiger partial charge in [0.05, 0.1) is 21.3 Å². The molecule has 2 amide bonds. The third-order valence-electron chi connectivity index (χ3n) is 4.99. The number of hydrogen-bond donors (Lipinski definition) is 1. The molecule has 1 N–H and O–H groups in total. The van der Waals surface area contributed by atoms with E-state index in [2.05, 4.69) is 5.32 Å². The van der Waals surface area contributed by atoms with Crippen LogP contribution in [0.5, 0.6) is 17.2 Å². The second kappa shape index (κ2) is 10.0. The Morgan fingerprint density at radius 3 is 2.11 bits per heavy atom. The molecule has 7 heteroatoms. The van der Waals surface area contributed by atoms with Crippen molar-refractivity contribution in [3.05, 3.63) is 17.7 Å². The van der Waals surface area contributed by atoms with E-state index in [1.54, 1.807) is 19.1 Å². The summed E-state index contributed by atoms with van der Waals surface area (Å²) in [6.07, 6.45) is 5.64. The Morgan fingerprint density at radius 2 is 1.63 bits per heavy atom. The minimum absolute atomic E-state index is 0.0592. The summed E-state index contributed by atoms with van der Waals surface area (Å²) in [7, 11) is 4.53. The highest BCUT2D eigenvalue weighted by molar-refractivity contribution is 5.95. The van der Waals surface area contributed by atoms with E-state index in [0.717, 1.165) is 25.7 Å². The lowest BCUT2D eigenvalue weighted by molar-refractivity contribution is -0.131. The highest BCUT2D eigenvalue weighted by Gasteiger charge is 2.23. The minimum Gasteiger partial charge on any atom is -0.493 e. The van der Waals surface area contributed by atoms with Gasteiger partial charge in [-0.15, -0.1) is 0 Å². The molecule has 1 saturated carbocycles. The molecular formula is C20H30N2O5. The van der Waals surface area contributed by atoms with E-state index in [1.165, 1.54) is 27.8 Å². The van der Waals surface area contributed by atoms with E-state index >= 15 is 0 Å². The van der Waals surface area contributed by atoms with Crippen LogP contribution in [0.3, 0.4) is 0 Å². The molecule has 0 aromatic heterocycles. The predicted molar refractivity (Wildman–Crippen MR) is 103 cm³/mol. The minimum atomic E-state index is -0.249. The van der Waals surface area contributed by atoms with Gasteiger partial charge in [0.25, 0.3) is 5.91 Å². The van der Waals surface area contributed by atoms with Gasteiger partial charge in [-0.1, -0.05) is 19.3 Å². The Labute approximate surface area is 161 Å². The largest absolute Gasteiger partial charge is 0.493 e. The number of carbonyl (C=O) groups excluding carboxylic acids is 2. The SMILES string of the molecule is COc1cc(C(=O)NCCN(C(C)=O)C2CCCCC2)cc(OC)c1OC. The molecule has 0 aliphatic heterocycles. The number of nitrogens with one attached hydrogen (secondary N) is 1. The number of hydrogen-bond acceptors (Lipinski definition) is 5. The molecule has 0 radical (unpaired) electrons. The van der Waals surface area contributed by atoms with E-state index in [0.29, 0.717) is 35.9 Å². The first kappa shape index (κ1) is 20.9. The van der Waals surface area contributed by atoms with Crippen molar-refractivity contribution >= 4 is 11.8 Å². The number of benzene rings is 1. The molecule has 1 aliphatic rings. The molecule has 1 aromatic rings. The van der Waals surface area contributed by atoms with Gasteiger partial charge in [-0.2, -0.15) is 0 Å². The summed E-state index contributed by atoms with van der Waals surface area (Å²) in [5.41, 5.74) is 0.413. The molecule has 0 saturated heterocycles. The molecular weight excluding hydrogens is 348 g/mol. The highest BCUT2D eigenvalue weighted by atomic mass is 16.5. The van der Waals surface area contributed by atoms with Gasteiger partial charge in [0.15, 0.2) is 11.5 Å². The molecule has 0 unspecified atom stereocenters. The van der Waals surface area contributed by atoms with Crippen LogP contribution in [0, 0.1) is 0 Å². The summed E-state index contributed by atoms with van der Waals surface area (Å²) in [5.74, 6) is 1.10. The van der Waals surface area contributed by atoms with Gasteiger partial charge in [-0.3, -0.25) is 9.59 Å². The summed E-state index contributed by atoms with van der Waals surface area (Å²) in [6.45, 7) is 2.50. The van der Waals surface area contributed by atoms with E-state index < -0.39 is 0 Å². The van der Waals surface area contributed by atoms with Crippen molar-refractivity contribution in [1.82, 2.24) is 10.2 Å². The zero-order valence-electron chi connectivity index (χ0n) is 16.7. The molecule has 0 atom stereocenters. The molecule has 0 bridgehead atoms. The van der Waals surface area contributed by atoms with Crippen LogP contribution >= 0.6 is 0 Å². The van der Waals surface area contributed by atoms with Gasteiger partial charge >= 0.3 is 0 Å². The van der Waals surface area contributed by atoms with E-state index in [4.69, 9.17) is 14.2 Å². The molecule has 0 spiro atoms. The molecule has 1 fully saturated rings. The zero-order valence-corrected chi connectivity index (χ0v) is 16.7. The number of methoxy groups -OCH3 is 3. The molecule has 27 heavy (non-hydrogen) atoms. The predicted octanol–water partition coefficient (Wildman–Crippen LogP) is 2.62. The highest BCUT2D eigenvalue weighted by Crippen LogP contribution is 2.38. The summed E-state index contributed by atoms with van der Waals surface area (Å²) in [4.78, 5) is 26.4. The monoisotopic (exact) mass is 378 g/mol. The van der Waals surface area contributed by atoms with E-state index in [-0.39, 0.29) is 17.9 Å². The Bertz CT molecular complexity index is 631. The fourth-order valence-corrected chi connectivity index (χ4v) is 3.59. The fourth-order valence-electron chi connectivity index (χ4n) is 3.59. The topological polar surface area (TPSA) is 77.1 Å². The van der Waals surface area contributed by atoms with Gasteiger partial charge < -0.3 is 24.4 Å². The molecule has 0 heterocycles. The smallest absolute Gasteiger partial charge is 0.251 e. The maximum atomic E-state index is 12.5. The Hall–Kier alpha value is -2.44. The first-order valence-corrected chi connectivity index (χ1v) is 9.37. The van der Waals surface area contributed by atoms with E-state index in [9.17, 15) is 9.59 Å². The average Bonchev–Trinajstić information content (AvgIpc) is 2.70. The van der Waals surface area contributed by atoms with Crippen LogP contribution in [0.2, 0.25) is 0 Å². The Balaban J connectivity index is 2.01. The standard InChI is InChI=1S/C20H30N2O5/c1-14(23)22(16-8-6-5-7-9-16)11-10-21-20(24)15-12-17(25-2)19(27-4)18(13-15)26-3/h12-13,16H,5-11H2,1-4H3,(H,21,24). The van der Waals surface area contributed by atoms with Crippen LogP contribution < -0.4 is 19.5 Å². The third-order valence-corrected chi connectivity index (χ3v) is 4.99. The summed E-state index contributed by atoms with van der Waals surface area (Å²) in [5, 5.41) is 2.88. The third kappa shape index (κ3) is 5.28. The molecule has 2 rings (SSSR count). The lowest BCUT2D eigenvalue weighted by Gasteiger charge is -2.33. The van der Waals surface area contributed by atoms with Crippen molar-refractivity contribution in [2.24, 2.45) is 0 Å². The zero-order chi connectivity index (χ0) is 19.8. The number of nitrogens with zero attached hydrogens (tertiary/aromatic N) is 1. The summed E-state index contributed by atoms with van der Waals surface area (Å²) < 4.78 is 15.8. The van der Waals surface area contributed by atoms with Crippen LogP contribution in [0.1, 0.15) is 49.4 Å². The molecule has 1 aliphatic carbocycles. The fraction of sp³-hybridized carbons (Fsp3) is 0.600. The number of amides is 2. The van der Waals surface area contributed by atoms with Crippen LogP contribution in [-0.2, 0) is 4.79 Å². The van der Waals surface area contributed by atoms with Crippen molar-refractivity contribution < 1.29 is 23.8 Å².